The Morgan fingerprint density at radius 2 is 2.17 bits per heavy atom. The van der Waals surface area contributed by atoms with Crippen LogP contribution in [0.3, 0.4) is 0 Å². The second-order valence-corrected chi connectivity index (χ2v) is 6.05. The Hall–Kier alpha value is -3.07. The number of nitro groups is 1. The Morgan fingerprint density at radius 1 is 1.38 bits per heavy atom. The number of carbonyl (C=O) groups is 1. The zero-order chi connectivity index (χ0) is 17.3. The van der Waals surface area contributed by atoms with E-state index in [1.165, 1.54) is 22.6 Å². The molecule has 9 heteroatoms. The molecule has 0 fully saturated rings. The number of aryl methyl sites for hydroxylation is 1. The SMILES string of the molecule is Cc1ccc2nc(COC(=O)c3ccc([N+](=O)[O-])s3)cc(=O)n2c1. The molecule has 0 aromatic carbocycles. The summed E-state index contributed by atoms with van der Waals surface area (Å²) in [6.07, 6.45) is 1.67. The molecule has 0 aliphatic heterocycles. The van der Waals surface area contributed by atoms with Crippen LogP contribution in [0, 0.1) is 17.0 Å². The number of hydrogen-bond acceptors (Lipinski definition) is 7. The summed E-state index contributed by atoms with van der Waals surface area (Å²) >= 11 is 0.732. The van der Waals surface area contributed by atoms with Crippen molar-refractivity contribution in [2.45, 2.75) is 13.5 Å². The van der Waals surface area contributed by atoms with Gasteiger partial charge in [0.25, 0.3) is 5.56 Å². The molecule has 8 nitrogen and oxygen atoms in total. The predicted molar refractivity (Wildman–Crippen MR) is 86.3 cm³/mol. The van der Waals surface area contributed by atoms with E-state index in [1.54, 1.807) is 12.3 Å². The minimum absolute atomic E-state index is 0.120. The molecule has 0 saturated carbocycles. The zero-order valence-electron chi connectivity index (χ0n) is 12.5. The number of fused-ring (bicyclic) bond motifs is 1. The smallest absolute Gasteiger partial charge is 0.348 e. The third kappa shape index (κ3) is 3.15. The summed E-state index contributed by atoms with van der Waals surface area (Å²) in [5, 5.41) is 10.5. The van der Waals surface area contributed by atoms with Crippen LogP contribution in [0.25, 0.3) is 5.65 Å². The molecule has 0 unspecified atom stereocenters. The van der Waals surface area contributed by atoms with Gasteiger partial charge in [0.15, 0.2) is 0 Å². The van der Waals surface area contributed by atoms with Gasteiger partial charge in [-0.2, -0.15) is 0 Å². The van der Waals surface area contributed by atoms with Gasteiger partial charge in [-0.25, -0.2) is 9.78 Å². The van der Waals surface area contributed by atoms with E-state index >= 15 is 0 Å². The second kappa shape index (κ2) is 6.20. The third-order valence-electron chi connectivity index (χ3n) is 3.18. The summed E-state index contributed by atoms with van der Waals surface area (Å²) in [4.78, 5) is 38.4. The monoisotopic (exact) mass is 345 g/mol. The molecule has 0 amide bonds. The standard InChI is InChI=1S/C15H11N3O5S/c1-9-2-4-12-16-10(6-13(19)17(12)7-9)8-23-15(20)11-3-5-14(24-11)18(21)22/h2-7H,8H2,1H3. The molecule has 3 aromatic rings. The number of hydrogen-bond donors (Lipinski definition) is 0. The van der Waals surface area contributed by atoms with Gasteiger partial charge in [-0.05, 0) is 24.6 Å². The normalized spacial score (nSPS) is 10.7. The quantitative estimate of drug-likeness (QED) is 0.408. The van der Waals surface area contributed by atoms with Gasteiger partial charge >= 0.3 is 11.0 Å². The van der Waals surface area contributed by atoms with Crippen molar-refractivity contribution in [1.29, 1.82) is 0 Å². The van der Waals surface area contributed by atoms with Crippen LogP contribution < -0.4 is 5.56 Å². The highest BCUT2D eigenvalue weighted by Gasteiger charge is 2.16. The minimum atomic E-state index is -0.695. The highest BCUT2D eigenvalue weighted by Crippen LogP contribution is 2.24. The molecule has 0 spiro atoms. The van der Waals surface area contributed by atoms with Gasteiger partial charge < -0.3 is 4.74 Å². The van der Waals surface area contributed by atoms with Crippen molar-refractivity contribution in [3.8, 4) is 0 Å². The fourth-order valence-electron chi connectivity index (χ4n) is 2.08. The second-order valence-electron chi connectivity index (χ2n) is 4.99. The fraction of sp³-hybridized carbons (Fsp3) is 0.133. The van der Waals surface area contributed by atoms with Gasteiger partial charge in [0.05, 0.1) is 10.6 Å². The van der Waals surface area contributed by atoms with Crippen LogP contribution in [0.15, 0.2) is 41.3 Å². The average molecular weight is 345 g/mol. The van der Waals surface area contributed by atoms with E-state index in [4.69, 9.17) is 4.74 Å². The van der Waals surface area contributed by atoms with Crippen molar-refractivity contribution in [3.05, 3.63) is 73.1 Å². The third-order valence-corrected chi connectivity index (χ3v) is 4.20. The molecule has 0 bridgehead atoms. The number of rotatable bonds is 4. The molecule has 3 aromatic heterocycles. The maximum atomic E-state index is 12.1. The summed E-state index contributed by atoms with van der Waals surface area (Å²) in [6.45, 7) is 1.67. The van der Waals surface area contributed by atoms with Crippen molar-refractivity contribution < 1.29 is 14.5 Å². The van der Waals surface area contributed by atoms with Crippen LogP contribution in [0.1, 0.15) is 20.9 Å². The highest BCUT2D eigenvalue weighted by atomic mass is 32.1. The fourth-order valence-corrected chi connectivity index (χ4v) is 2.79. The first-order chi connectivity index (χ1) is 11.4. The van der Waals surface area contributed by atoms with E-state index in [2.05, 4.69) is 4.98 Å². The molecule has 122 valence electrons. The van der Waals surface area contributed by atoms with Crippen LogP contribution in [-0.4, -0.2) is 20.3 Å². The Balaban J connectivity index is 1.77. The van der Waals surface area contributed by atoms with Crippen LogP contribution >= 0.6 is 11.3 Å². The van der Waals surface area contributed by atoms with Crippen LogP contribution in [0.2, 0.25) is 0 Å². The van der Waals surface area contributed by atoms with E-state index in [1.807, 2.05) is 13.0 Å². The molecule has 0 atom stereocenters. The van der Waals surface area contributed by atoms with Crippen molar-refractivity contribution in [1.82, 2.24) is 9.38 Å². The molecular formula is C15H11N3O5S. The number of nitrogens with zero attached hydrogens (tertiary/aromatic N) is 3. The number of pyridine rings is 1. The summed E-state index contributed by atoms with van der Waals surface area (Å²) in [7, 11) is 0. The molecule has 3 rings (SSSR count). The number of aromatic nitrogens is 2. The highest BCUT2D eigenvalue weighted by molar-refractivity contribution is 7.17. The van der Waals surface area contributed by atoms with Gasteiger partial charge in [-0.15, -0.1) is 0 Å². The largest absolute Gasteiger partial charge is 0.455 e. The number of thiophene rings is 1. The topological polar surface area (TPSA) is 104 Å². The molecule has 0 radical (unpaired) electrons. The van der Waals surface area contributed by atoms with Crippen molar-refractivity contribution in [2.24, 2.45) is 0 Å². The average Bonchev–Trinajstić information content (AvgIpc) is 3.04. The molecule has 0 saturated heterocycles. The van der Waals surface area contributed by atoms with Gasteiger partial charge in [0.2, 0.25) is 0 Å². The lowest BCUT2D eigenvalue weighted by molar-refractivity contribution is -0.380. The van der Waals surface area contributed by atoms with Gasteiger partial charge in [-0.1, -0.05) is 17.4 Å². The Kier molecular flexibility index (Phi) is 4.09. The van der Waals surface area contributed by atoms with E-state index in [-0.39, 0.29) is 22.0 Å². The lowest BCUT2D eigenvalue weighted by atomic mass is 10.3. The molecule has 0 N–H and O–H groups in total. The van der Waals surface area contributed by atoms with Crippen LogP contribution in [0.4, 0.5) is 5.00 Å². The lowest BCUT2D eigenvalue weighted by Crippen LogP contribution is -2.16. The van der Waals surface area contributed by atoms with Gasteiger partial charge in [0, 0.05) is 18.3 Å². The Morgan fingerprint density at radius 3 is 2.88 bits per heavy atom. The zero-order valence-corrected chi connectivity index (χ0v) is 13.3. The van der Waals surface area contributed by atoms with E-state index in [0.717, 1.165) is 16.9 Å². The first-order valence-electron chi connectivity index (χ1n) is 6.84. The van der Waals surface area contributed by atoms with E-state index in [9.17, 15) is 19.7 Å². The molecule has 24 heavy (non-hydrogen) atoms. The number of ether oxygens (including phenoxy) is 1. The molecular weight excluding hydrogens is 334 g/mol. The summed E-state index contributed by atoms with van der Waals surface area (Å²) in [5.74, 6) is -0.695. The summed E-state index contributed by atoms with van der Waals surface area (Å²) in [6, 6.07) is 7.38. The predicted octanol–water partition coefficient (Wildman–Crippen LogP) is 2.33. The Labute approximate surface area is 139 Å². The number of carbonyl (C=O) groups excluding carboxylic acids is 1. The van der Waals surface area contributed by atoms with Crippen molar-refractivity contribution in [3.63, 3.8) is 0 Å². The molecule has 3 heterocycles. The van der Waals surface area contributed by atoms with E-state index in [0.29, 0.717) is 11.3 Å². The summed E-state index contributed by atoms with van der Waals surface area (Å²) in [5.41, 5.74) is 1.40. The van der Waals surface area contributed by atoms with Crippen LogP contribution in [-0.2, 0) is 11.3 Å². The van der Waals surface area contributed by atoms with Gasteiger partial charge in [-0.3, -0.25) is 19.3 Å². The van der Waals surface area contributed by atoms with Gasteiger partial charge in [0.1, 0.15) is 17.1 Å². The lowest BCUT2D eigenvalue weighted by Gasteiger charge is -2.05. The van der Waals surface area contributed by atoms with Crippen molar-refractivity contribution >= 4 is 28.0 Å². The minimum Gasteiger partial charge on any atom is -0.455 e. The van der Waals surface area contributed by atoms with E-state index < -0.39 is 10.9 Å². The van der Waals surface area contributed by atoms with Crippen molar-refractivity contribution in [2.75, 3.05) is 0 Å². The molecule has 0 aliphatic carbocycles. The molecule has 0 aliphatic rings. The van der Waals surface area contributed by atoms with Crippen LogP contribution in [0.5, 0.6) is 0 Å². The maximum Gasteiger partial charge on any atom is 0.348 e. The first-order valence-corrected chi connectivity index (χ1v) is 7.66. The number of esters is 1. The first kappa shape index (κ1) is 15.8. The summed E-state index contributed by atoms with van der Waals surface area (Å²) < 4.78 is 6.48. The maximum absolute atomic E-state index is 12.1. The Bertz CT molecular complexity index is 1010.